The van der Waals surface area contributed by atoms with Gasteiger partial charge in [-0.05, 0) is 72.2 Å². The van der Waals surface area contributed by atoms with E-state index in [0.717, 1.165) is 40.2 Å². The van der Waals surface area contributed by atoms with Crippen LogP contribution in [0.15, 0.2) is 60.0 Å². The lowest BCUT2D eigenvalue weighted by Crippen LogP contribution is -2.45. The molecule has 0 saturated carbocycles. The Kier molecular flexibility index (Phi) is 9.30. The molecule has 1 aliphatic rings. The SMILES string of the molecule is COc1ccc(CC(=O)N(CC(=O)N(Cc2ccc(F)cc2)Cc2sccc2C)CC2CCCO2)cc1. The molecular formula is C29H33FN2O4S. The molecular weight excluding hydrogens is 491 g/mol. The summed E-state index contributed by atoms with van der Waals surface area (Å²) in [6.07, 6.45) is 1.94. The molecule has 8 heteroatoms. The number of methoxy groups -OCH3 is 1. The number of carbonyl (C=O) groups excluding carboxylic acids is 2. The van der Waals surface area contributed by atoms with Crippen LogP contribution >= 0.6 is 11.3 Å². The average molecular weight is 525 g/mol. The fourth-order valence-corrected chi connectivity index (χ4v) is 5.28. The van der Waals surface area contributed by atoms with Gasteiger partial charge in [0, 0.05) is 24.6 Å². The minimum Gasteiger partial charge on any atom is -0.497 e. The number of nitrogens with zero attached hydrogens (tertiary/aromatic N) is 2. The Bertz CT molecular complexity index is 1170. The van der Waals surface area contributed by atoms with Crippen molar-refractivity contribution in [3.05, 3.63) is 87.4 Å². The average Bonchev–Trinajstić information content (AvgIpc) is 3.56. The lowest BCUT2D eigenvalue weighted by Gasteiger charge is -2.29. The first kappa shape index (κ1) is 26.8. The molecule has 1 unspecified atom stereocenters. The second-order valence-electron chi connectivity index (χ2n) is 9.34. The van der Waals surface area contributed by atoms with Crippen LogP contribution in [0.4, 0.5) is 4.39 Å². The molecule has 2 amide bonds. The van der Waals surface area contributed by atoms with Gasteiger partial charge in [-0.25, -0.2) is 4.39 Å². The second kappa shape index (κ2) is 12.8. The summed E-state index contributed by atoms with van der Waals surface area (Å²) in [4.78, 5) is 31.6. The molecule has 37 heavy (non-hydrogen) atoms. The molecule has 3 aromatic rings. The largest absolute Gasteiger partial charge is 0.497 e. The first-order valence-corrected chi connectivity index (χ1v) is 13.4. The Morgan fingerprint density at radius 2 is 1.73 bits per heavy atom. The molecule has 1 atom stereocenters. The molecule has 0 N–H and O–H groups in total. The number of hydrogen-bond acceptors (Lipinski definition) is 5. The number of hydrogen-bond donors (Lipinski definition) is 0. The van der Waals surface area contributed by atoms with Crippen molar-refractivity contribution in [1.82, 2.24) is 9.80 Å². The van der Waals surface area contributed by atoms with Gasteiger partial charge in [-0.15, -0.1) is 11.3 Å². The topological polar surface area (TPSA) is 59.1 Å². The minimum absolute atomic E-state index is 0.0412. The summed E-state index contributed by atoms with van der Waals surface area (Å²) in [5, 5.41) is 2.01. The predicted octanol–water partition coefficient (Wildman–Crippen LogP) is 4.98. The summed E-state index contributed by atoms with van der Waals surface area (Å²) in [6.45, 7) is 3.79. The van der Waals surface area contributed by atoms with E-state index >= 15 is 0 Å². The van der Waals surface area contributed by atoms with Crippen molar-refractivity contribution in [2.24, 2.45) is 0 Å². The van der Waals surface area contributed by atoms with Crippen LogP contribution in [0.3, 0.4) is 0 Å². The predicted molar refractivity (Wildman–Crippen MR) is 142 cm³/mol. The molecule has 1 aromatic heterocycles. The molecule has 0 radical (unpaired) electrons. The maximum absolute atomic E-state index is 13.7. The highest BCUT2D eigenvalue weighted by molar-refractivity contribution is 7.10. The van der Waals surface area contributed by atoms with Gasteiger partial charge in [0.05, 0.1) is 32.7 Å². The van der Waals surface area contributed by atoms with Crippen LogP contribution in [0.1, 0.15) is 34.4 Å². The zero-order chi connectivity index (χ0) is 26.2. The Labute approximate surface area is 221 Å². The van der Waals surface area contributed by atoms with Gasteiger partial charge in [-0.1, -0.05) is 24.3 Å². The number of thiophene rings is 1. The Hall–Kier alpha value is -3.23. The Balaban J connectivity index is 1.51. The van der Waals surface area contributed by atoms with E-state index in [1.807, 2.05) is 42.6 Å². The number of rotatable bonds is 11. The molecule has 0 spiro atoms. The third-order valence-corrected chi connectivity index (χ3v) is 7.59. The third kappa shape index (κ3) is 7.63. The van der Waals surface area contributed by atoms with Crippen LogP contribution in [0, 0.1) is 12.7 Å². The first-order chi connectivity index (χ1) is 17.9. The maximum atomic E-state index is 13.7. The minimum atomic E-state index is -0.317. The summed E-state index contributed by atoms with van der Waals surface area (Å²) >= 11 is 1.60. The first-order valence-electron chi connectivity index (χ1n) is 12.5. The van der Waals surface area contributed by atoms with Gasteiger partial charge < -0.3 is 19.3 Å². The summed E-state index contributed by atoms with van der Waals surface area (Å²) in [7, 11) is 1.60. The monoisotopic (exact) mass is 524 g/mol. The lowest BCUT2D eigenvalue weighted by molar-refractivity contribution is -0.142. The highest BCUT2D eigenvalue weighted by atomic mass is 32.1. The summed E-state index contributed by atoms with van der Waals surface area (Å²) in [5.74, 6) is 0.131. The fraction of sp³-hybridized carbons (Fsp3) is 0.379. The normalized spacial score (nSPS) is 14.9. The van der Waals surface area contributed by atoms with Crippen LogP contribution in [0.2, 0.25) is 0 Å². The summed E-state index contributed by atoms with van der Waals surface area (Å²) in [5.41, 5.74) is 2.81. The molecule has 196 valence electrons. The van der Waals surface area contributed by atoms with Crippen molar-refractivity contribution in [3.8, 4) is 5.75 Å². The van der Waals surface area contributed by atoms with Gasteiger partial charge in [-0.2, -0.15) is 0 Å². The van der Waals surface area contributed by atoms with E-state index in [9.17, 15) is 14.0 Å². The van der Waals surface area contributed by atoms with Crippen molar-refractivity contribution < 1.29 is 23.5 Å². The molecule has 2 aromatic carbocycles. The number of ether oxygens (including phenoxy) is 2. The standard InChI is InChI=1S/C29H33FN2O4S/c1-21-13-15-37-27(21)19-31(17-23-5-9-24(30)10-6-23)29(34)20-32(18-26-4-3-14-36-26)28(33)16-22-7-11-25(35-2)12-8-22/h5-13,15,26H,3-4,14,16-20H2,1-2H3. The van der Waals surface area contributed by atoms with E-state index in [4.69, 9.17) is 9.47 Å². The highest BCUT2D eigenvalue weighted by Gasteiger charge is 2.27. The molecule has 1 fully saturated rings. The third-order valence-electron chi connectivity index (χ3n) is 6.58. The van der Waals surface area contributed by atoms with E-state index < -0.39 is 0 Å². The molecule has 0 aliphatic carbocycles. The van der Waals surface area contributed by atoms with E-state index in [0.29, 0.717) is 26.2 Å². The van der Waals surface area contributed by atoms with Crippen LogP contribution in [0.5, 0.6) is 5.75 Å². The number of aryl methyl sites for hydroxylation is 1. The van der Waals surface area contributed by atoms with Crippen molar-refractivity contribution >= 4 is 23.2 Å². The van der Waals surface area contributed by atoms with E-state index in [1.54, 1.807) is 40.4 Å². The van der Waals surface area contributed by atoms with Gasteiger partial charge in [0.15, 0.2) is 0 Å². The summed E-state index contributed by atoms with van der Waals surface area (Å²) < 4.78 is 24.5. The van der Waals surface area contributed by atoms with Gasteiger partial charge in [-0.3, -0.25) is 9.59 Å². The number of benzene rings is 2. The second-order valence-corrected chi connectivity index (χ2v) is 10.3. The van der Waals surface area contributed by atoms with Gasteiger partial charge in [0.2, 0.25) is 11.8 Å². The van der Waals surface area contributed by atoms with Crippen LogP contribution in [-0.4, -0.2) is 54.5 Å². The Morgan fingerprint density at radius 1 is 1.00 bits per heavy atom. The van der Waals surface area contributed by atoms with E-state index in [2.05, 4.69) is 0 Å². The Morgan fingerprint density at radius 3 is 2.35 bits per heavy atom. The molecule has 0 bridgehead atoms. The summed E-state index contributed by atoms with van der Waals surface area (Å²) in [6, 6.07) is 15.6. The number of halogens is 1. The van der Waals surface area contributed by atoms with Gasteiger partial charge >= 0.3 is 0 Å². The van der Waals surface area contributed by atoms with E-state index in [1.165, 1.54) is 12.1 Å². The highest BCUT2D eigenvalue weighted by Crippen LogP contribution is 2.21. The van der Waals surface area contributed by atoms with Crippen molar-refractivity contribution in [3.63, 3.8) is 0 Å². The number of carbonyl (C=O) groups is 2. The van der Waals surface area contributed by atoms with Gasteiger partial charge in [0.25, 0.3) is 0 Å². The quantitative estimate of drug-likeness (QED) is 0.355. The van der Waals surface area contributed by atoms with Crippen molar-refractivity contribution in [2.45, 2.75) is 45.4 Å². The molecule has 1 aliphatic heterocycles. The molecule has 4 rings (SSSR count). The molecule has 1 saturated heterocycles. The van der Waals surface area contributed by atoms with Crippen LogP contribution in [-0.2, 0) is 33.8 Å². The zero-order valence-electron chi connectivity index (χ0n) is 21.3. The van der Waals surface area contributed by atoms with Crippen molar-refractivity contribution in [1.29, 1.82) is 0 Å². The fourth-order valence-electron chi connectivity index (χ4n) is 4.36. The lowest BCUT2D eigenvalue weighted by atomic mass is 10.1. The van der Waals surface area contributed by atoms with Crippen molar-refractivity contribution in [2.75, 3.05) is 26.8 Å². The number of amides is 2. The molecule has 6 nitrogen and oxygen atoms in total. The van der Waals surface area contributed by atoms with Crippen LogP contribution < -0.4 is 4.74 Å². The zero-order valence-corrected chi connectivity index (χ0v) is 22.1. The molecule has 2 heterocycles. The smallest absolute Gasteiger partial charge is 0.242 e. The van der Waals surface area contributed by atoms with Crippen LogP contribution in [0.25, 0.3) is 0 Å². The van der Waals surface area contributed by atoms with E-state index in [-0.39, 0.29) is 36.7 Å². The van der Waals surface area contributed by atoms with Gasteiger partial charge in [0.1, 0.15) is 11.6 Å². The maximum Gasteiger partial charge on any atom is 0.242 e.